The summed E-state index contributed by atoms with van der Waals surface area (Å²) in [6.45, 7) is 4.09. The van der Waals surface area contributed by atoms with Crippen molar-refractivity contribution in [2.24, 2.45) is 0 Å². The molecule has 2 heteroatoms. The number of hydrogen-bond donors (Lipinski definition) is 0. The summed E-state index contributed by atoms with van der Waals surface area (Å²) in [5, 5.41) is 0. The number of benzene rings is 1. The quantitative estimate of drug-likeness (QED) is 0.751. The largest absolute Gasteiger partial charge is 0.281 e. The molecule has 0 N–H and O–H groups in total. The van der Waals surface area contributed by atoms with Gasteiger partial charge in [-0.25, -0.2) is 0 Å². The number of hydrogen-bond acceptors (Lipinski definition) is 1. The van der Waals surface area contributed by atoms with Crippen molar-refractivity contribution < 1.29 is 0 Å². The normalized spacial score (nSPS) is 10.4. The van der Waals surface area contributed by atoms with Crippen LogP contribution in [0.1, 0.15) is 18.2 Å². The van der Waals surface area contributed by atoms with E-state index >= 15 is 0 Å². The lowest BCUT2D eigenvalue weighted by molar-refractivity contribution is 0.896. The number of nitrogens with zero attached hydrogens (tertiary/aromatic N) is 1. The molecule has 2 rings (SSSR count). The van der Waals surface area contributed by atoms with Crippen LogP contribution in [0.15, 0.2) is 47.3 Å². The summed E-state index contributed by atoms with van der Waals surface area (Å²) < 4.78 is 1.76. The molecule has 0 aliphatic rings. The van der Waals surface area contributed by atoms with E-state index in [0.717, 1.165) is 17.8 Å². The van der Waals surface area contributed by atoms with Gasteiger partial charge in [0.1, 0.15) is 0 Å². The van der Waals surface area contributed by atoms with Gasteiger partial charge in [-0.2, -0.15) is 0 Å². The van der Waals surface area contributed by atoms with Crippen molar-refractivity contribution >= 4 is 0 Å². The third-order valence-electron chi connectivity index (χ3n) is 2.84. The van der Waals surface area contributed by atoms with E-state index in [2.05, 4.69) is 6.92 Å². The maximum atomic E-state index is 11.9. The first-order valence-electron chi connectivity index (χ1n) is 5.51. The molecular formula is C14H15NO. The average molecular weight is 213 g/mol. The molecule has 0 amide bonds. The van der Waals surface area contributed by atoms with Crippen LogP contribution in [0.2, 0.25) is 0 Å². The first-order chi connectivity index (χ1) is 7.74. The van der Waals surface area contributed by atoms with E-state index in [4.69, 9.17) is 0 Å². The van der Waals surface area contributed by atoms with Crippen LogP contribution < -0.4 is 5.56 Å². The van der Waals surface area contributed by atoms with Gasteiger partial charge in [0.2, 0.25) is 0 Å². The Hall–Kier alpha value is -1.83. The molecule has 0 atom stereocenters. The first kappa shape index (κ1) is 10.7. The zero-order chi connectivity index (χ0) is 11.5. The average Bonchev–Trinajstić information content (AvgIpc) is 2.31. The smallest absolute Gasteiger partial charge is 0.255 e. The number of pyridine rings is 1. The second-order valence-corrected chi connectivity index (χ2v) is 3.81. The van der Waals surface area contributed by atoms with E-state index in [1.54, 1.807) is 10.6 Å². The minimum atomic E-state index is 0.0286. The van der Waals surface area contributed by atoms with Crippen molar-refractivity contribution in [1.82, 2.24) is 4.57 Å². The third-order valence-corrected chi connectivity index (χ3v) is 2.84. The Morgan fingerprint density at radius 2 is 1.75 bits per heavy atom. The van der Waals surface area contributed by atoms with Crippen LogP contribution in [0.4, 0.5) is 0 Å². The third kappa shape index (κ3) is 1.78. The Labute approximate surface area is 95.2 Å². The van der Waals surface area contributed by atoms with Crippen LogP contribution in [0.3, 0.4) is 0 Å². The van der Waals surface area contributed by atoms with Gasteiger partial charge < -0.3 is 0 Å². The molecule has 0 aliphatic carbocycles. The zero-order valence-corrected chi connectivity index (χ0v) is 9.60. The van der Waals surface area contributed by atoms with Crippen molar-refractivity contribution in [3.05, 3.63) is 64.1 Å². The molecule has 0 saturated heterocycles. The Bertz CT molecular complexity index is 540. The Morgan fingerprint density at radius 3 is 2.38 bits per heavy atom. The lowest BCUT2D eigenvalue weighted by Crippen LogP contribution is -2.20. The maximum Gasteiger partial charge on any atom is 0.255 e. The van der Waals surface area contributed by atoms with Gasteiger partial charge in [0.15, 0.2) is 0 Å². The molecule has 0 bridgehead atoms. The summed E-state index contributed by atoms with van der Waals surface area (Å²) >= 11 is 0. The highest BCUT2D eigenvalue weighted by Gasteiger charge is 2.05. The molecule has 0 saturated carbocycles. The van der Waals surface area contributed by atoms with Crippen LogP contribution in [-0.2, 0) is 6.42 Å². The van der Waals surface area contributed by atoms with Gasteiger partial charge in [-0.3, -0.25) is 9.36 Å². The molecule has 2 aromatic rings. The molecule has 2 nitrogen and oxygen atoms in total. The van der Waals surface area contributed by atoms with E-state index < -0.39 is 0 Å². The van der Waals surface area contributed by atoms with Gasteiger partial charge in [0, 0.05) is 17.4 Å². The van der Waals surface area contributed by atoms with E-state index in [1.165, 1.54) is 5.56 Å². The van der Waals surface area contributed by atoms with Crippen molar-refractivity contribution in [2.75, 3.05) is 0 Å². The van der Waals surface area contributed by atoms with E-state index in [-0.39, 0.29) is 5.56 Å². The molecule has 0 fully saturated rings. The van der Waals surface area contributed by atoms with Crippen molar-refractivity contribution in [3.63, 3.8) is 0 Å². The highest BCUT2D eigenvalue weighted by Crippen LogP contribution is 2.11. The number of para-hydroxylation sites is 1. The van der Waals surface area contributed by atoms with Gasteiger partial charge in [0.05, 0.1) is 0 Å². The van der Waals surface area contributed by atoms with Gasteiger partial charge in [-0.05, 0) is 31.0 Å². The van der Waals surface area contributed by atoms with Gasteiger partial charge in [-0.1, -0.05) is 31.2 Å². The van der Waals surface area contributed by atoms with E-state index in [0.29, 0.717) is 0 Å². The fourth-order valence-electron chi connectivity index (χ4n) is 1.95. The molecule has 0 unspecified atom stereocenters. The monoisotopic (exact) mass is 213 g/mol. The van der Waals surface area contributed by atoms with Crippen LogP contribution >= 0.6 is 0 Å². The lowest BCUT2D eigenvalue weighted by Gasteiger charge is -2.12. The SMILES string of the molecule is CCc1ccc(=O)n(-c2ccccc2)c1C. The summed E-state index contributed by atoms with van der Waals surface area (Å²) in [6, 6.07) is 13.3. The fourth-order valence-corrected chi connectivity index (χ4v) is 1.95. The number of aryl methyl sites for hydroxylation is 1. The van der Waals surface area contributed by atoms with E-state index in [9.17, 15) is 4.79 Å². The summed E-state index contributed by atoms with van der Waals surface area (Å²) in [7, 11) is 0. The highest BCUT2D eigenvalue weighted by molar-refractivity contribution is 5.36. The Morgan fingerprint density at radius 1 is 1.06 bits per heavy atom. The molecule has 16 heavy (non-hydrogen) atoms. The number of rotatable bonds is 2. The zero-order valence-electron chi connectivity index (χ0n) is 9.60. The minimum Gasteiger partial charge on any atom is -0.281 e. The fraction of sp³-hybridized carbons (Fsp3) is 0.214. The summed E-state index contributed by atoms with van der Waals surface area (Å²) in [5.74, 6) is 0. The standard InChI is InChI=1S/C14H15NO/c1-3-12-9-10-14(16)15(11(12)2)13-7-5-4-6-8-13/h4-10H,3H2,1-2H3. The molecule has 1 heterocycles. The maximum absolute atomic E-state index is 11.9. The van der Waals surface area contributed by atoms with Crippen LogP contribution in [-0.4, -0.2) is 4.57 Å². The predicted octanol–water partition coefficient (Wildman–Crippen LogP) is 2.71. The van der Waals surface area contributed by atoms with Crippen molar-refractivity contribution in [1.29, 1.82) is 0 Å². The first-order valence-corrected chi connectivity index (χ1v) is 5.51. The molecule has 82 valence electrons. The molecule has 0 spiro atoms. The predicted molar refractivity (Wildman–Crippen MR) is 66.2 cm³/mol. The molecule has 1 aromatic carbocycles. The second-order valence-electron chi connectivity index (χ2n) is 3.81. The molecular weight excluding hydrogens is 198 g/mol. The lowest BCUT2D eigenvalue weighted by atomic mass is 10.1. The van der Waals surface area contributed by atoms with Gasteiger partial charge in [-0.15, -0.1) is 0 Å². The van der Waals surface area contributed by atoms with Gasteiger partial charge >= 0.3 is 0 Å². The Kier molecular flexibility index (Phi) is 2.91. The van der Waals surface area contributed by atoms with Crippen molar-refractivity contribution in [3.8, 4) is 5.69 Å². The highest BCUT2D eigenvalue weighted by atomic mass is 16.1. The molecule has 1 aromatic heterocycles. The molecule has 0 aliphatic heterocycles. The summed E-state index contributed by atoms with van der Waals surface area (Å²) in [5.41, 5.74) is 3.20. The van der Waals surface area contributed by atoms with Crippen molar-refractivity contribution in [2.45, 2.75) is 20.3 Å². The van der Waals surface area contributed by atoms with Gasteiger partial charge in [0.25, 0.3) is 5.56 Å². The van der Waals surface area contributed by atoms with E-state index in [1.807, 2.05) is 43.3 Å². The minimum absolute atomic E-state index is 0.0286. The van der Waals surface area contributed by atoms with Crippen LogP contribution in [0, 0.1) is 6.92 Å². The molecule has 0 radical (unpaired) electrons. The Balaban J connectivity index is 2.69. The van der Waals surface area contributed by atoms with Crippen LogP contribution in [0.5, 0.6) is 0 Å². The summed E-state index contributed by atoms with van der Waals surface area (Å²) in [4.78, 5) is 11.9. The summed E-state index contributed by atoms with van der Waals surface area (Å²) in [6.07, 6.45) is 0.943. The topological polar surface area (TPSA) is 22.0 Å². The number of aromatic nitrogens is 1. The van der Waals surface area contributed by atoms with Crippen LogP contribution in [0.25, 0.3) is 5.69 Å². The second kappa shape index (κ2) is 4.35.